The average molecular weight is 274 g/mol. The Morgan fingerprint density at radius 3 is 2.71 bits per heavy atom. The predicted molar refractivity (Wildman–Crippen MR) is 64.9 cm³/mol. The van der Waals surface area contributed by atoms with E-state index >= 15 is 0 Å². The first-order valence-corrected chi connectivity index (χ1v) is 5.85. The van der Waals surface area contributed by atoms with Crippen LogP contribution in [0.4, 0.5) is 5.69 Å². The maximum atomic E-state index is 11.7. The number of alkyl halides is 1. The highest BCUT2D eigenvalue weighted by Crippen LogP contribution is 2.31. The number of fused-ring (bicyclic) bond motifs is 1. The van der Waals surface area contributed by atoms with E-state index in [4.69, 9.17) is 23.2 Å². The molecule has 1 aliphatic rings. The molecule has 6 heteroatoms. The van der Waals surface area contributed by atoms with E-state index in [9.17, 15) is 14.7 Å². The van der Waals surface area contributed by atoms with Crippen LogP contribution in [-0.2, 0) is 4.79 Å². The van der Waals surface area contributed by atoms with E-state index in [2.05, 4.69) is 0 Å². The molecule has 0 saturated heterocycles. The number of carbonyl (C=O) groups is 2. The van der Waals surface area contributed by atoms with E-state index in [0.29, 0.717) is 16.3 Å². The molecule has 4 nitrogen and oxygen atoms in total. The Kier molecular flexibility index (Phi) is 3.38. The lowest BCUT2D eigenvalue weighted by molar-refractivity contribution is -0.114. The van der Waals surface area contributed by atoms with Gasteiger partial charge in [0.25, 0.3) is 11.7 Å². The second kappa shape index (κ2) is 4.64. The van der Waals surface area contributed by atoms with Gasteiger partial charge in [-0.15, -0.1) is 11.6 Å². The van der Waals surface area contributed by atoms with Crippen molar-refractivity contribution >= 4 is 40.6 Å². The maximum Gasteiger partial charge on any atom is 0.299 e. The summed E-state index contributed by atoms with van der Waals surface area (Å²) in [6.45, 7) is -0.0125. The normalized spacial score (nSPS) is 16.3. The molecule has 0 radical (unpaired) electrons. The molecule has 0 saturated carbocycles. The minimum absolute atomic E-state index is 0.00608. The molecule has 1 atom stereocenters. The van der Waals surface area contributed by atoms with Crippen LogP contribution in [0.2, 0.25) is 5.02 Å². The summed E-state index contributed by atoms with van der Waals surface area (Å²) in [4.78, 5) is 24.5. The van der Waals surface area contributed by atoms with Crippen LogP contribution < -0.4 is 4.90 Å². The van der Waals surface area contributed by atoms with E-state index in [1.165, 1.54) is 17.0 Å². The Morgan fingerprint density at radius 1 is 1.35 bits per heavy atom. The first-order valence-electron chi connectivity index (χ1n) is 4.94. The van der Waals surface area contributed by atoms with Gasteiger partial charge in [-0.3, -0.25) is 9.59 Å². The number of anilines is 1. The lowest BCUT2D eigenvalue weighted by Gasteiger charge is -2.19. The minimum Gasteiger partial charge on any atom is -0.390 e. The topological polar surface area (TPSA) is 57.6 Å². The first-order chi connectivity index (χ1) is 8.04. The summed E-state index contributed by atoms with van der Waals surface area (Å²) < 4.78 is 0. The van der Waals surface area contributed by atoms with Gasteiger partial charge in [-0.05, 0) is 18.2 Å². The zero-order valence-electron chi connectivity index (χ0n) is 8.69. The SMILES string of the molecule is O=C1C(=O)N(CC(O)CCl)c2cc(Cl)ccc21. The molecule has 90 valence electrons. The third-order valence-electron chi connectivity index (χ3n) is 2.51. The molecular formula is C11H9Cl2NO3. The van der Waals surface area contributed by atoms with Gasteiger partial charge in [-0.25, -0.2) is 0 Å². The van der Waals surface area contributed by atoms with E-state index in [0.717, 1.165) is 0 Å². The number of Topliss-reactive ketones (excluding diaryl/α,β-unsaturated/α-hetero) is 1. The lowest BCUT2D eigenvalue weighted by Crippen LogP contribution is -2.37. The standard InChI is InChI=1S/C11H9Cl2NO3/c12-4-7(15)5-14-9-3-6(13)1-2-8(9)10(16)11(14)17/h1-3,7,15H,4-5H2. The minimum atomic E-state index is -0.877. The number of ketones is 1. The van der Waals surface area contributed by atoms with Crippen LogP contribution in [-0.4, -0.2) is 35.3 Å². The number of carbonyl (C=O) groups excluding carboxylic acids is 2. The van der Waals surface area contributed by atoms with Gasteiger partial charge < -0.3 is 10.0 Å². The van der Waals surface area contributed by atoms with Gasteiger partial charge in [0.15, 0.2) is 0 Å². The number of aliphatic hydroxyl groups excluding tert-OH is 1. The van der Waals surface area contributed by atoms with Crippen LogP contribution in [0, 0.1) is 0 Å². The zero-order valence-corrected chi connectivity index (χ0v) is 10.2. The van der Waals surface area contributed by atoms with Crippen molar-refractivity contribution in [3.05, 3.63) is 28.8 Å². The fourth-order valence-electron chi connectivity index (χ4n) is 1.71. The molecular weight excluding hydrogens is 265 g/mol. The fourth-order valence-corrected chi connectivity index (χ4v) is 1.97. The highest BCUT2D eigenvalue weighted by Gasteiger charge is 2.36. The summed E-state index contributed by atoms with van der Waals surface area (Å²) in [5.74, 6) is -1.25. The molecule has 1 aliphatic heterocycles. The smallest absolute Gasteiger partial charge is 0.299 e. The molecule has 2 rings (SSSR count). The molecule has 0 fully saturated rings. The number of hydrogen-bond acceptors (Lipinski definition) is 3. The van der Waals surface area contributed by atoms with E-state index in [-0.39, 0.29) is 12.4 Å². The Morgan fingerprint density at radius 2 is 2.06 bits per heavy atom. The summed E-state index contributed by atoms with van der Waals surface area (Å²) in [6, 6.07) is 4.58. The largest absolute Gasteiger partial charge is 0.390 e. The first kappa shape index (κ1) is 12.4. The van der Waals surface area contributed by atoms with Gasteiger partial charge in [0.2, 0.25) is 0 Å². The van der Waals surface area contributed by atoms with Crippen molar-refractivity contribution in [1.29, 1.82) is 0 Å². The van der Waals surface area contributed by atoms with Gasteiger partial charge in [0.05, 0.1) is 29.8 Å². The van der Waals surface area contributed by atoms with Crippen molar-refractivity contribution in [1.82, 2.24) is 0 Å². The summed E-state index contributed by atoms with van der Waals surface area (Å²) in [7, 11) is 0. The van der Waals surface area contributed by atoms with Crippen molar-refractivity contribution < 1.29 is 14.7 Å². The average Bonchev–Trinajstić information content (AvgIpc) is 2.54. The molecule has 1 unspecified atom stereocenters. The third kappa shape index (κ3) is 2.16. The van der Waals surface area contributed by atoms with E-state index in [1.54, 1.807) is 6.07 Å². The number of halogens is 2. The Bertz CT molecular complexity index is 490. The number of hydrogen-bond donors (Lipinski definition) is 1. The predicted octanol–water partition coefficient (Wildman–Crippen LogP) is 1.47. The van der Waals surface area contributed by atoms with Gasteiger partial charge in [-0.1, -0.05) is 11.6 Å². The highest BCUT2D eigenvalue weighted by atomic mass is 35.5. The third-order valence-corrected chi connectivity index (χ3v) is 3.10. The van der Waals surface area contributed by atoms with Crippen molar-refractivity contribution in [3.8, 4) is 0 Å². The van der Waals surface area contributed by atoms with Crippen LogP contribution in [0.1, 0.15) is 10.4 Å². The highest BCUT2D eigenvalue weighted by molar-refractivity contribution is 6.52. The van der Waals surface area contributed by atoms with Crippen LogP contribution >= 0.6 is 23.2 Å². The molecule has 17 heavy (non-hydrogen) atoms. The maximum absolute atomic E-state index is 11.7. The van der Waals surface area contributed by atoms with Crippen molar-refractivity contribution in [2.75, 3.05) is 17.3 Å². The molecule has 0 aromatic heterocycles. The molecule has 0 bridgehead atoms. The number of nitrogens with zero attached hydrogens (tertiary/aromatic N) is 1. The number of benzene rings is 1. The second-order valence-electron chi connectivity index (χ2n) is 3.71. The Labute approximate surface area is 108 Å². The Hall–Kier alpha value is -1.10. The van der Waals surface area contributed by atoms with Crippen LogP contribution in [0.15, 0.2) is 18.2 Å². The molecule has 1 heterocycles. The summed E-state index contributed by atoms with van der Waals surface area (Å²) in [5.41, 5.74) is 0.734. The van der Waals surface area contributed by atoms with Crippen molar-refractivity contribution in [2.45, 2.75) is 6.10 Å². The molecule has 1 N–H and O–H groups in total. The number of amides is 1. The molecule has 1 aromatic carbocycles. The van der Waals surface area contributed by atoms with Gasteiger partial charge >= 0.3 is 0 Å². The molecule has 0 spiro atoms. The second-order valence-corrected chi connectivity index (χ2v) is 4.46. The van der Waals surface area contributed by atoms with Crippen LogP contribution in [0.3, 0.4) is 0 Å². The monoisotopic (exact) mass is 273 g/mol. The molecule has 1 aromatic rings. The fraction of sp³-hybridized carbons (Fsp3) is 0.273. The van der Waals surface area contributed by atoms with Crippen molar-refractivity contribution in [3.63, 3.8) is 0 Å². The van der Waals surface area contributed by atoms with Gasteiger partial charge in [-0.2, -0.15) is 0 Å². The van der Waals surface area contributed by atoms with Gasteiger partial charge in [0.1, 0.15) is 0 Å². The molecule has 0 aliphatic carbocycles. The Balaban J connectivity index is 2.39. The number of β-amino-alcohol motifs (C(OH)–C–C–N with tert-alkyl or cyclic N) is 1. The van der Waals surface area contributed by atoms with E-state index in [1.807, 2.05) is 0 Å². The van der Waals surface area contributed by atoms with Gasteiger partial charge in [0, 0.05) is 5.02 Å². The molecule has 1 amide bonds. The summed E-state index contributed by atoms with van der Waals surface area (Å²) in [5, 5.41) is 9.87. The number of aliphatic hydroxyl groups is 1. The van der Waals surface area contributed by atoms with Crippen LogP contribution in [0.25, 0.3) is 0 Å². The quantitative estimate of drug-likeness (QED) is 0.670. The summed E-state index contributed by atoms with van der Waals surface area (Å²) in [6.07, 6.45) is -0.877. The summed E-state index contributed by atoms with van der Waals surface area (Å²) >= 11 is 11.3. The number of rotatable bonds is 3. The van der Waals surface area contributed by atoms with Crippen LogP contribution in [0.5, 0.6) is 0 Å². The lowest BCUT2D eigenvalue weighted by atomic mass is 10.1. The zero-order chi connectivity index (χ0) is 12.6. The van der Waals surface area contributed by atoms with E-state index < -0.39 is 17.8 Å². The van der Waals surface area contributed by atoms with Crippen molar-refractivity contribution in [2.24, 2.45) is 0 Å².